The largest absolute Gasteiger partial charge is 0.390 e. The van der Waals surface area contributed by atoms with Crippen LogP contribution < -0.4 is 21.3 Å². The van der Waals surface area contributed by atoms with E-state index < -0.39 is 161 Å². The Morgan fingerprint density at radius 2 is 0.868 bits per heavy atom. The highest BCUT2D eigenvalue weighted by Crippen LogP contribution is 2.27. The molecule has 0 spiro atoms. The molecule has 1 unspecified atom stereocenters. The van der Waals surface area contributed by atoms with Crippen LogP contribution in [0.5, 0.6) is 0 Å². The number of amides is 11. The van der Waals surface area contributed by atoms with Gasteiger partial charge in [0.15, 0.2) is 0 Å². The molecule has 1 rings (SSSR count). The summed E-state index contributed by atoms with van der Waals surface area (Å²) in [7, 11) is 9.85. The van der Waals surface area contributed by atoms with Gasteiger partial charge >= 0.3 is 0 Å². The summed E-state index contributed by atoms with van der Waals surface area (Å²) in [5.41, 5.74) is -0.556. The van der Waals surface area contributed by atoms with Crippen LogP contribution in [-0.2, 0) is 57.5 Å². The molecule has 1 aliphatic heterocycles. The molecule has 1 saturated heterocycles. The van der Waals surface area contributed by atoms with Crippen LogP contribution in [0.2, 0.25) is 0 Å². The normalized spacial score (nSPS) is 26.9. The molecule has 1 fully saturated rings. The van der Waals surface area contributed by atoms with Gasteiger partial charge in [-0.2, -0.15) is 0 Å². The van der Waals surface area contributed by atoms with E-state index in [1.807, 2.05) is 76.2 Å². The third-order valence-corrected chi connectivity index (χ3v) is 16.9. The lowest BCUT2D eigenvalue weighted by atomic mass is 9.91. The van der Waals surface area contributed by atoms with E-state index in [9.17, 15) is 29.1 Å². The molecule has 0 aromatic carbocycles. The van der Waals surface area contributed by atoms with Gasteiger partial charge in [-0.1, -0.05) is 130 Å². The molecule has 522 valence electrons. The van der Waals surface area contributed by atoms with E-state index in [1.165, 1.54) is 87.7 Å². The minimum Gasteiger partial charge on any atom is -0.390 e. The molecule has 1 heterocycles. The molecule has 1 aliphatic rings. The fourth-order valence-corrected chi connectivity index (χ4v) is 11.2. The fourth-order valence-electron chi connectivity index (χ4n) is 11.2. The van der Waals surface area contributed by atoms with Crippen molar-refractivity contribution in [1.29, 1.82) is 0 Å². The maximum atomic E-state index is 15.3. The number of allylic oxidation sites excluding steroid dienone is 2. The van der Waals surface area contributed by atoms with Crippen LogP contribution in [0, 0.1) is 46.8 Å². The van der Waals surface area contributed by atoms with Gasteiger partial charge in [0, 0.05) is 49.3 Å². The molecule has 11 amide bonds. The van der Waals surface area contributed by atoms with Gasteiger partial charge in [-0.3, -0.25) is 52.7 Å². The maximum absolute atomic E-state index is 15.3. The zero-order valence-electron chi connectivity index (χ0n) is 60.6. The average Bonchev–Trinajstić information content (AvgIpc) is 1.33. The van der Waals surface area contributed by atoms with Crippen molar-refractivity contribution in [3.05, 3.63) is 12.2 Å². The predicted molar refractivity (Wildman–Crippen MR) is 353 cm³/mol. The van der Waals surface area contributed by atoms with Crippen LogP contribution in [0.15, 0.2) is 12.2 Å². The summed E-state index contributed by atoms with van der Waals surface area (Å²) >= 11 is 0. The van der Waals surface area contributed by atoms with Crippen molar-refractivity contribution in [3.63, 3.8) is 0 Å². The van der Waals surface area contributed by atoms with Crippen LogP contribution >= 0.6 is 0 Å². The van der Waals surface area contributed by atoms with Crippen molar-refractivity contribution in [2.45, 2.75) is 250 Å². The van der Waals surface area contributed by atoms with Crippen molar-refractivity contribution >= 4 is 65.0 Å². The standard InChI is InChI=1S/C67H121N11O13/c1-28-30-31-43(15)54(79)53-58(83)70-46(29-2)60(85)78(27)66(91-36-67(18,19)20)65(90)73(22)48(33-38(5)6)57(82)71-51(41(11)12)63(88)72(21)47(32-37(3)4)56(81)68-44(16)55(80)69-45(17)59(84)74(23)49(34-39(7)8)61(86)75(24)50(35-40(9)10)62(87)76(25)52(42(13)14)64(89)77(53)26/h28,30,37-54,66,79H,29,31-36H2,1-27H3,(H,68,81)(H,69,80)(H,70,83)(H,71,82)/b30-28+/t43-,44+,45-,46+,47+,48+,49+,50+,51+,52+,53+,54-,66?/m1/s1. The summed E-state index contributed by atoms with van der Waals surface area (Å²) in [5.74, 6) is -10.3. The van der Waals surface area contributed by atoms with E-state index in [4.69, 9.17) is 4.74 Å². The van der Waals surface area contributed by atoms with Crippen LogP contribution in [0.3, 0.4) is 0 Å². The monoisotopic (exact) mass is 1290 g/mol. The maximum Gasteiger partial charge on any atom is 0.273 e. The highest BCUT2D eigenvalue weighted by molar-refractivity contribution is 6.00. The smallest absolute Gasteiger partial charge is 0.273 e. The van der Waals surface area contributed by atoms with E-state index in [0.717, 1.165) is 9.80 Å². The van der Waals surface area contributed by atoms with Crippen molar-refractivity contribution < 1.29 is 62.6 Å². The lowest BCUT2D eigenvalue weighted by Crippen LogP contribution is -2.64. The fraction of sp³-hybridized carbons (Fsp3) is 0.806. The van der Waals surface area contributed by atoms with E-state index >= 15 is 28.8 Å². The highest BCUT2D eigenvalue weighted by atomic mass is 16.5. The van der Waals surface area contributed by atoms with Crippen molar-refractivity contribution in [3.8, 4) is 0 Å². The van der Waals surface area contributed by atoms with Crippen LogP contribution in [-0.4, -0.2) is 233 Å². The molecule has 0 saturated carbocycles. The molecule has 0 aliphatic carbocycles. The molecule has 5 N–H and O–H groups in total. The molecule has 0 bridgehead atoms. The van der Waals surface area contributed by atoms with Gasteiger partial charge in [0.25, 0.3) is 5.91 Å². The van der Waals surface area contributed by atoms with E-state index in [0.29, 0.717) is 0 Å². The third-order valence-electron chi connectivity index (χ3n) is 16.9. The van der Waals surface area contributed by atoms with Gasteiger partial charge in [-0.25, -0.2) is 0 Å². The van der Waals surface area contributed by atoms with E-state index in [2.05, 4.69) is 21.3 Å². The Bertz CT molecular complexity index is 2500. The number of hydrogen-bond donors (Lipinski definition) is 5. The quantitative estimate of drug-likeness (QED) is 0.124. The molecule has 0 aromatic heterocycles. The summed E-state index contributed by atoms with van der Waals surface area (Å²) in [6.07, 6.45) is 1.14. The number of rotatable bonds is 17. The van der Waals surface area contributed by atoms with Crippen molar-refractivity contribution in [1.82, 2.24) is 55.6 Å². The minimum absolute atomic E-state index is 0.0406. The van der Waals surface area contributed by atoms with Gasteiger partial charge in [-0.15, -0.1) is 0 Å². The summed E-state index contributed by atoms with van der Waals surface area (Å²) in [5, 5.41) is 23.3. The molecule has 24 heteroatoms. The van der Waals surface area contributed by atoms with Gasteiger partial charge in [0.2, 0.25) is 65.3 Å². The molecular weight excluding hydrogens is 1170 g/mol. The SMILES string of the molecule is C/C=C/C[C@@H](C)[C@@H](O)[C@H]1C(=O)N[C@@H](CC)C(=O)N(C)C(OCC(C)(C)C)C(=O)N(C)[C@@H](CC(C)C)C(=O)N[C@@H](C(C)C)C(=O)N(C)[C@@H](CC(C)C)C(=O)N[C@@H](C)C(=O)N[C@H](C)C(=O)N(C)[C@@H](CC(C)C)C(=O)N(C)[C@@H](CC(C)C)C(=O)N(C)[C@@H](C(C)C)C(=O)N1C. The second-order valence-electron chi connectivity index (χ2n) is 29.0. The van der Waals surface area contributed by atoms with Crippen LogP contribution in [0.25, 0.3) is 0 Å². The number of likely N-dealkylation sites (N-methyl/N-ethyl adjacent to an activating group) is 7. The van der Waals surface area contributed by atoms with E-state index in [1.54, 1.807) is 60.6 Å². The summed E-state index contributed by atoms with van der Waals surface area (Å²) < 4.78 is 6.33. The lowest BCUT2D eigenvalue weighted by Gasteiger charge is -2.41. The first-order valence-corrected chi connectivity index (χ1v) is 32.8. The van der Waals surface area contributed by atoms with Gasteiger partial charge < -0.3 is 65.4 Å². The number of aliphatic hydroxyl groups is 1. The second-order valence-corrected chi connectivity index (χ2v) is 29.0. The molecule has 13 atom stereocenters. The lowest BCUT2D eigenvalue weighted by molar-refractivity contribution is -0.170. The van der Waals surface area contributed by atoms with Crippen molar-refractivity contribution in [2.24, 2.45) is 46.8 Å². The van der Waals surface area contributed by atoms with Gasteiger partial charge in [0.05, 0.1) is 12.7 Å². The van der Waals surface area contributed by atoms with Crippen molar-refractivity contribution in [2.75, 3.05) is 55.9 Å². The first kappa shape index (κ1) is 82.8. The van der Waals surface area contributed by atoms with E-state index in [-0.39, 0.29) is 68.8 Å². The average molecular weight is 1290 g/mol. The number of carbonyl (C=O) groups excluding carboxylic acids is 11. The zero-order valence-corrected chi connectivity index (χ0v) is 60.6. The topological polar surface area (TPSA) is 288 Å². The number of carbonyl (C=O) groups is 11. The molecule has 24 nitrogen and oxygen atoms in total. The Kier molecular flexibility index (Phi) is 33.6. The number of hydrogen-bond acceptors (Lipinski definition) is 13. The number of nitrogens with one attached hydrogen (secondary N) is 4. The Balaban J connectivity index is 4.54. The molecule has 91 heavy (non-hydrogen) atoms. The first-order valence-electron chi connectivity index (χ1n) is 32.8. The van der Waals surface area contributed by atoms with Gasteiger partial charge in [0.1, 0.15) is 60.4 Å². The van der Waals surface area contributed by atoms with Gasteiger partial charge in [-0.05, 0) is 106 Å². The summed E-state index contributed by atoms with van der Waals surface area (Å²) in [6.45, 7) is 35.4. The number of nitrogens with zero attached hydrogens (tertiary/aromatic N) is 7. The Hall–Kier alpha value is -6.17. The molecule has 0 radical (unpaired) electrons. The van der Waals surface area contributed by atoms with Crippen LogP contribution in [0.1, 0.15) is 177 Å². The summed E-state index contributed by atoms with van der Waals surface area (Å²) in [4.78, 5) is 172. The minimum atomic E-state index is -1.68. The molecular formula is C67H121N11O13. The third kappa shape index (κ3) is 23.7. The Morgan fingerprint density at radius 1 is 0.462 bits per heavy atom. The Labute approximate surface area is 545 Å². The second kappa shape index (κ2) is 36.9. The zero-order chi connectivity index (χ0) is 70.8. The number of ether oxygens (including phenoxy) is 1. The summed E-state index contributed by atoms with van der Waals surface area (Å²) in [6, 6.07) is -12.8. The Morgan fingerprint density at radius 3 is 1.30 bits per heavy atom. The van der Waals surface area contributed by atoms with Crippen LogP contribution in [0.4, 0.5) is 0 Å². The predicted octanol–water partition coefficient (Wildman–Crippen LogP) is 4.66. The number of aliphatic hydroxyl groups excluding tert-OH is 1. The molecule has 0 aromatic rings. The first-order chi connectivity index (χ1) is 41.8. The highest BCUT2D eigenvalue weighted by Gasteiger charge is 2.47.